The number of nitrogens with one attached hydrogen (secondary N) is 1. The number of aliphatic imine (C=N–C) groups is 3. The number of fused-ring (bicyclic) bond motifs is 2. The van der Waals surface area contributed by atoms with Gasteiger partial charge in [-0.05, 0) is 56.5 Å². The average molecular weight is 497 g/mol. The second kappa shape index (κ2) is 9.46. The van der Waals surface area contributed by atoms with Gasteiger partial charge in [0, 0.05) is 74.5 Å². The second-order valence-corrected chi connectivity index (χ2v) is 10.6. The minimum Gasteiger partial charge on any atom is -0.478 e. The summed E-state index contributed by atoms with van der Waals surface area (Å²) in [4.78, 5) is 21.4. The Morgan fingerprint density at radius 3 is 2.76 bits per heavy atom. The van der Waals surface area contributed by atoms with Crippen LogP contribution in [0.25, 0.3) is 0 Å². The maximum absolute atomic E-state index is 5.96. The summed E-state index contributed by atoms with van der Waals surface area (Å²) in [6.45, 7) is 6.76. The maximum atomic E-state index is 5.96. The quantitative estimate of drug-likeness (QED) is 0.662. The largest absolute Gasteiger partial charge is 0.478 e. The number of hydrogen-bond acceptors (Lipinski definition) is 8. The Morgan fingerprint density at radius 2 is 2.00 bits per heavy atom. The molecule has 9 nitrogen and oxygen atoms in total. The number of pyridine rings is 1. The molecule has 0 atom stereocenters. The molecule has 0 spiro atoms. The molecule has 1 fully saturated rings. The fourth-order valence-corrected chi connectivity index (χ4v) is 5.09. The lowest BCUT2D eigenvalue weighted by atomic mass is 9.96. The number of nitrogens with zero attached hydrogens (tertiary/aromatic N) is 7. The number of hydrogen-bond donors (Lipinski definition) is 1. The van der Waals surface area contributed by atoms with Crippen LogP contribution in [0.4, 0.5) is 11.6 Å². The summed E-state index contributed by atoms with van der Waals surface area (Å²) in [5.41, 5.74) is 4.11. The van der Waals surface area contributed by atoms with Gasteiger partial charge in [-0.1, -0.05) is 0 Å². The van der Waals surface area contributed by atoms with Crippen molar-refractivity contribution in [2.45, 2.75) is 38.6 Å². The van der Waals surface area contributed by atoms with Crippen molar-refractivity contribution in [3.8, 4) is 0 Å². The molecule has 0 unspecified atom stereocenters. The van der Waals surface area contributed by atoms with Crippen molar-refractivity contribution < 1.29 is 4.74 Å². The van der Waals surface area contributed by atoms with E-state index in [4.69, 9.17) is 14.7 Å². The molecule has 1 N–H and O–H groups in total. The predicted octanol–water partition coefficient (Wildman–Crippen LogP) is 4.41. The van der Waals surface area contributed by atoms with Crippen LogP contribution in [-0.2, 0) is 11.8 Å². The molecule has 4 aliphatic heterocycles. The zero-order chi connectivity index (χ0) is 25.4. The van der Waals surface area contributed by atoms with Gasteiger partial charge in [-0.2, -0.15) is 5.10 Å². The van der Waals surface area contributed by atoms with Gasteiger partial charge >= 0.3 is 0 Å². The third-order valence-electron chi connectivity index (χ3n) is 6.99. The Kier molecular flexibility index (Phi) is 5.98. The van der Waals surface area contributed by atoms with E-state index in [2.05, 4.69) is 51.3 Å². The average Bonchev–Trinajstić information content (AvgIpc) is 3.31. The first-order chi connectivity index (χ1) is 17.9. The van der Waals surface area contributed by atoms with Gasteiger partial charge < -0.3 is 15.0 Å². The standard InChI is InChI=1S/C28H32N8O/c1-28(2)18-37-27(33-28)20-6-12-36(13-7-20)26-22-4-9-29-17-19(14-22)15-23(31-26)21-5-10-30-25(16-21)32-24-8-11-35(3)34-24/h4-5,8-11,15-17,20H,6-7,12-14,18H2,1-3H3,(H,30,32,34). The van der Waals surface area contributed by atoms with Crippen LogP contribution in [0.15, 0.2) is 80.9 Å². The van der Waals surface area contributed by atoms with E-state index in [9.17, 15) is 0 Å². The first kappa shape index (κ1) is 23.4. The SMILES string of the molecule is Cn1ccc(Nc2cc(C3=NC(N4CCC(C5=NC(C)(C)CO5)CC4)=C4C=CN=CC(=C3)C4)ccn2)n1. The lowest BCUT2D eigenvalue weighted by Gasteiger charge is -2.34. The zero-order valence-corrected chi connectivity index (χ0v) is 21.6. The molecule has 4 aliphatic rings. The van der Waals surface area contributed by atoms with Crippen molar-refractivity contribution in [3.05, 3.63) is 71.5 Å². The summed E-state index contributed by atoms with van der Waals surface area (Å²) >= 11 is 0. The Morgan fingerprint density at radius 1 is 1.14 bits per heavy atom. The molecular formula is C28H32N8O. The Labute approximate surface area is 217 Å². The molecule has 0 saturated carbocycles. The van der Waals surface area contributed by atoms with Gasteiger partial charge in [0.2, 0.25) is 0 Å². The zero-order valence-electron chi connectivity index (χ0n) is 21.6. The molecule has 37 heavy (non-hydrogen) atoms. The van der Waals surface area contributed by atoms with E-state index in [-0.39, 0.29) is 5.54 Å². The molecule has 1 saturated heterocycles. The van der Waals surface area contributed by atoms with Crippen molar-refractivity contribution >= 4 is 29.5 Å². The smallest absolute Gasteiger partial charge is 0.187 e. The van der Waals surface area contributed by atoms with Crippen molar-refractivity contribution in [1.82, 2.24) is 19.7 Å². The van der Waals surface area contributed by atoms with E-state index in [0.717, 1.165) is 72.6 Å². The van der Waals surface area contributed by atoms with Gasteiger partial charge in [0.1, 0.15) is 18.2 Å². The Bertz CT molecular complexity index is 1380. The number of rotatable bonds is 5. The van der Waals surface area contributed by atoms with Crippen LogP contribution in [-0.4, -0.2) is 62.7 Å². The highest BCUT2D eigenvalue weighted by molar-refractivity contribution is 6.12. The number of piperidine rings is 1. The highest BCUT2D eigenvalue weighted by Crippen LogP contribution is 2.32. The van der Waals surface area contributed by atoms with Crippen molar-refractivity contribution in [2.24, 2.45) is 27.9 Å². The molecule has 0 aromatic carbocycles. The minimum absolute atomic E-state index is 0.112. The lowest BCUT2D eigenvalue weighted by Crippen LogP contribution is -2.36. The number of ether oxygens (including phenoxy) is 1. The van der Waals surface area contributed by atoms with Crippen LogP contribution < -0.4 is 5.32 Å². The molecule has 0 aliphatic carbocycles. The van der Waals surface area contributed by atoms with Gasteiger partial charge in [-0.25, -0.2) is 15.0 Å². The number of likely N-dealkylation sites (tertiary alicyclic amines) is 1. The monoisotopic (exact) mass is 496 g/mol. The van der Waals surface area contributed by atoms with Crippen LogP contribution in [0.3, 0.4) is 0 Å². The van der Waals surface area contributed by atoms with Crippen LogP contribution in [0.5, 0.6) is 0 Å². The molecule has 2 bridgehead atoms. The molecule has 6 rings (SSSR count). The Balaban J connectivity index is 1.28. The Hall–Kier alpha value is -4.01. The number of aryl methyl sites for hydroxylation is 1. The fraction of sp³-hybridized carbons (Fsp3) is 0.393. The van der Waals surface area contributed by atoms with Crippen molar-refractivity contribution in [3.63, 3.8) is 0 Å². The van der Waals surface area contributed by atoms with Crippen LogP contribution in [0, 0.1) is 5.92 Å². The highest BCUT2D eigenvalue weighted by Gasteiger charge is 2.34. The first-order valence-electron chi connectivity index (χ1n) is 12.8. The summed E-state index contributed by atoms with van der Waals surface area (Å²) in [5, 5.41) is 7.69. The third kappa shape index (κ3) is 5.12. The topological polar surface area (TPSA) is 92.3 Å². The lowest BCUT2D eigenvalue weighted by molar-refractivity contribution is 0.220. The molecule has 190 valence electrons. The van der Waals surface area contributed by atoms with E-state index in [1.807, 2.05) is 43.9 Å². The summed E-state index contributed by atoms with van der Waals surface area (Å²) in [5.74, 6) is 3.81. The first-order valence-corrected chi connectivity index (χ1v) is 12.8. The summed E-state index contributed by atoms with van der Waals surface area (Å²) in [7, 11) is 1.89. The summed E-state index contributed by atoms with van der Waals surface area (Å²) in [6.07, 6.45) is 14.5. The molecule has 2 aromatic rings. The number of allylic oxidation sites excluding steroid dienone is 4. The van der Waals surface area contributed by atoms with E-state index in [1.165, 1.54) is 5.57 Å². The van der Waals surface area contributed by atoms with Gasteiger partial charge in [-0.15, -0.1) is 0 Å². The number of anilines is 2. The van der Waals surface area contributed by atoms with E-state index >= 15 is 0 Å². The minimum atomic E-state index is -0.112. The molecule has 9 heteroatoms. The van der Waals surface area contributed by atoms with Gasteiger partial charge in [-0.3, -0.25) is 9.67 Å². The number of aromatic nitrogens is 3. The molecule has 0 radical (unpaired) electrons. The van der Waals surface area contributed by atoms with Crippen molar-refractivity contribution in [1.29, 1.82) is 0 Å². The van der Waals surface area contributed by atoms with Gasteiger partial charge in [0.25, 0.3) is 0 Å². The molecular weight excluding hydrogens is 464 g/mol. The summed E-state index contributed by atoms with van der Waals surface area (Å²) in [6, 6.07) is 5.94. The third-order valence-corrected chi connectivity index (χ3v) is 6.99. The predicted molar refractivity (Wildman–Crippen MR) is 146 cm³/mol. The second-order valence-electron chi connectivity index (χ2n) is 10.6. The van der Waals surface area contributed by atoms with Crippen LogP contribution in [0.2, 0.25) is 0 Å². The van der Waals surface area contributed by atoms with Gasteiger partial charge in [0.15, 0.2) is 11.7 Å². The van der Waals surface area contributed by atoms with Gasteiger partial charge in [0.05, 0.1) is 11.3 Å². The van der Waals surface area contributed by atoms with Crippen LogP contribution >= 0.6 is 0 Å². The van der Waals surface area contributed by atoms with E-state index in [1.54, 1.807) is 10.9 Å². The van der Waals surface area contributed by atoms with E-state index in [0.29, 0.717) is 12.5 Å². The normalized spacial score (nSPS) is 21.2. The highest BCUT2D eigenvalue weighted by atomic mass is 16.5. The fourth-order valence-electron chi connectivity index (χ4n) is 5.09. The molecule has 6 heterocycles. The molecule has 0 amide bonds. The van der Waals surface area contributed by atoms with E-state index < -0.39 is 0 Å². The summed E-state index contributed by atoms with van der Waals surface area (Å²) < 4.78 is 7.72. The van der Waals surface area contributed by atoms with Crippen molar-refractivity contribution in [2.75, 3.05) is 25.0 Å². The maximum Gasteiger partial charge on any atom is 0.187 e. The molecule has 2 aromatic heterocycles. The van der Waals surface area contributed by atoms with Crippen LogP contribution in [0.1, 0.15) is 38.7 Å².